The second-order valence-electron chi connectivity index (χ2n) is 5.12. The van der Waals surface area contributed by atoms with Gasteiger partial charge in [-0.05, 0) is 30.3 Å². The van der Waals surface area contributed by atoms with Crippen LogP contribution in [-0.2, 0) is 19.5 Å². The van der Waals surface area contributed by atoms with Crippen LogP contribution in [0, 0.1) is 0 Å². The third-order valence-electron chi connectivity index (χ3n) is 3.27. The molecule has 2 aromatic rings. The molecule has 29 heavy (non-hydrogen) atoms. The number of anilines is 1. The molecule has 1 amide bonds. The van der Waals surface area contributed by atoms with E-state index in [-0.39, 0.29) is 21.8 Å². The van der Waals surface area contributed by atoms with Gasteiger partial charge < -0.3 is 5.32 Å². The molecule has 0 aliphatic heterocycles. The van der Waals surface area contributed by atoms with Gasteiger partial charge in [0.15, 0.2) is 0 Å². The summed E-state index contributed by atoms with van der Waals surface area (Å²) in [6, 6.07) is 8.33. The summed E-state index contributed by atoms with van der Waals surface area (Å²) in [5.41, 5.74) is 0.352. The Morgan fingerprint density at radius 2 is 1.86 bits per heavy atom. The highest BCUT2D eigenvalue weighted by Gasteiger charge is 2.21. The van der Waals surface area contributed by atoms with Crippen molar-refractivity contribution in [3.05, 3.63) is 42.0 Å². The number of nitrogens with zero attached hydrogens (tertiary/aromatic N) is 4. The van der Waals surface area contributed by atoms with Crippen LogP contribution in [0.3, 0.4) is 0 Å². The van der Waals surface area contributed by atoms with E-state index in [1.54, 1.807) is 12.1 Å². The van der Waals surface area contributed by atoms with Crippen LogP contribution in [-0.4, -0.2) is 38.2 Å². The van der Waals surface area contributed by atoms with Crippen molar-refractivity contribution in [3.63, 3.8) is 0 Å². The van der Waals surface area contributed by atoms with Crippen molar-refractivity contribution in [2.75, 3.05) is 19.4 Å². The van der Waals surface area contributed by atoms with E-state index in [2.05, 4.69) is 35.1 Å². The molecule has 0 saturated carbocycles. The number of benzene rings is 2. The number of carbonyl (C=O) groups excluding carboxylic acids is 1. The van der Waals surface area contributed by atoms with Gasteiger partial charge in [0.25, 0.3) is 16.0 Å². The number of azo groups is 2. The van der Waals surface area contributed by atoms with Gasteiger partial charge in [-0.25, -0.2) is 5.26 Å². The summed E-state index contributed by atoms with van der Waals surface area (Å²) in [5.74, 6) is -0.615. The molecule has 0 saturated heterocycles. The van der Waals surface area contributed by atoms with E-state index in [0.29, 0.717) is 17.7 Å². The molecule has 154 valence electrons. The number of hydrogen-bond acceptors (Lipinski definition) is 11. The second-order valence-corrected chi connectivity index (χ2v) is 7.25. The van der Waals surface area contributed by atoms with Gasteiger partial charge in [0, 0.05) is 19.7 Å². The van der Waals surface area contributed by atoms with Crippen molar-refractivity contribution in [2.45, 2.75) is 9.79 Å². The second kappa shape index (κ2) is 10.1. The van der Waals surface area contributed by atoms with E-state index < -0.39 is 20.9 Å². The topological polar surface area (TPSA) is 172 Å². The molecule has 12 nitrogen and oxygen atoms in total. The number of rotatable bonds is 8. The summed E-state index contributed by atoms with van der Waals surface area (Å²) in [7, 11) is -1.92. The highest BCUT2D eigenvalue weighted by atomic mass is 32.2. The first kappa shape index (κ1) is 22.5. The molecular formula is C15H15N5O7S2. The number of hydrogen-bond donors (Lipinski definition) is 3. The van der Waals surface area contributed by atoms with Crippen LogP contribution in [0.15, 0.2) is 66.6 Å². The summed E-state index contributed by atoms with van der Waals surface area (Å²) in [6.45, 7) is 0. The lowest BCUT2D eigenvalue weighted by molar-refractivity contribution is -0.432. The molecule has 0 spiro atoms. The molecular weight excluding hydrogens is 426 g/mol. The smallest absolute Gasteiger partial charge is 0.296 e. The first-order valence-electron chi connectivity index (χ1n) is 7.61. The normalized spacial score (nSPS) is 12.0. The molecule has 2 rings (SSSR count). The zero-order valence-electron chi connectivity index (χ0n) is 15.0. The molecule has 0 unspecified atom stereocenters. The lowest BCUT2D eigenvalue weighted by Gasteiger charge is -2.12. The van der Waals surface area contributed by atoms with Gasteiger partial charge in [0.1, 0.15) is 10.6 Å². The van der Waals surface area contributed by atoms with Crippen molar-refractivity contribution < 1.29 is 32.4 Å². The Morgan fingerprint density at radius 3 is 2.48 bits per heavy atom. The minimum Gasteiger partial charge on any atom is -0.321 e. The van der Waals surface area contributed by atoms with Crippen LogP contribution in [0.1, 0.15) is 10.4 Å². The predicted octanol–water partition coefficient (Wildman–Crippen LogP) is 4.04. The van der Waals surface area contributed by atoms with Gasteiger partial charge in [-0.15, -0.1) is 4.33 Å². The van der Waals surface area contributed by atoms with E-state index in [4.69, 9.17) is 5.26 Å². The fraction of sp³-hybridized carbons (Fsp3) is 0.133. The molecule has 0 aromatic heterocycles. The Hall–Kier alpha value is -2.75. The van der Waals surface area contributed by atoms with Gasteiger partial charge in [-0.1, -0.05) is 11.1 Å². The fourth-order valence-corrected chi connectivity index (χ4v) is 3.27. The van der Waals surface area contributed by atoms with Crippen molar-refractivity contribution in [1.82, 2.24) is 0 Å². The third kappa shape index (κ3) is 6.11. The minimum atomic E-state index is -4.69. The number of amides is 1. The Kier molecular flexibility index (Phi) is 7.89. The van der Waals surface area contributed by atoms with Gasteiger partial charge >= 0.3 is 0 Å². The quantitative estimate of drug-likeness (QED) is 0.181. The summed E-state index contributed by atoms with van der Waals surface area (Å²) < 4.78 is 37.2. The lowest BCUT2D eigenvalue weighted by atomic mass is 10.2. The van der Waals surface area contributed by atoms with Crippen LogP contribution in [0.4, 0.5) is 17.1 Å². The minimum absolute atomic E-state index is 0.0674. The van der Waals surface area contributed by atoms with Crippen LogP contribution < -0.4 is 5.32 Å². The standard InChI is InChI=1S/C15H15N5O7S2/c1-16-19-10-5-3-4-9(6-10)15(21)18-11-8-14(29(23,24)25)12(20-17-2)7-13(11)28-27-26-22/h3-8,22H,1-2H3,(H,18,21)(H,23,24,25)/b19-16+,20-17+. The van der Waals surface area contributed by atoms with Crippen molar-refractivity contribution in [1.29, 1.82) is 0 Å². The van der Waals surface area contributed by atoms with Gasteiger partial charge in [0.2, 0.25) is 0 Å². The Balaban J connectivity index is 2.51. The average molecular weight is 441 g/mol. The molecule has 2 aromatic carbocycles. The highest BCUT2D eigenvalue weighted by Crippen LogP contribution is 2.37. The van der Waals surface area contributed by atoms with Gasteiger partial charge in [-0.2, -0.15) is 28.9 Å². The van der Waals surface area contributed by atoms with E-state index in [9.17, 15) is 17.8 Å². The maximum absolute atomic E-state index is 12.6. The molecule has 0 aliphatic rings. The first-order valence-corrected chi connectivity index (χ1v) is 9.79. The largest absolute Gasteiger partial charge is 0.321 e. The maximum atomic E-state index is 12.6. The Morgan fingerprint density at radius 1 is 1.14 bits per heavy atom. The monoisotopic (exact) mass is 441 g/mol. The summed E-state index contributed by atoms with van der Waals surface area (Å²) in [5, 5.41) is 29.0. The summed E-state index contributed by atoms with van der Waals surface area (Å²) >= 11 is 0.456. The van der Waals surface area contributed by atoms with Gasteiger partial charge in [-0.3, -0.25) is 9.35 Å². The average Bonchev–Trinajstić information content (AvgIpc) is 2.67. The SMILES string of the molecule is C/N=N/c1cccc(C(=O)Nc2cc(S(=O)(=O)O)c(/N=N/C)cc2SOOO)c1. The van der Waals surface area contributed by atoms with Crippen molar-refractivity contribution >= 4 is 45.1 Å². The summed E-state index contributed by atoms with van der Waals surface area (Å²) in [6.07, 6.45) is 0. The van der Waals surface area contributed by atoms with Crippen LogP contribution in [0.5, 0.6) is 0 Å². The molecule has 0 aliphatic carbocycles. The zero-order valence-corrected chi connectivity index (χ0v) is 16.6. The number of carbonyl (C=O) groups is 1. The molecule has 3 N–H and O–H groups in total. The van der Waals surface area contributed by atoms with E-state index in [0.717, 1.165) is 12.1 Å². The summed E-state index contributed by atoms with van der Waals surface area (Å²) in [4.78, 5) is 12.1. The molecule has 0 radical (unpaired) electrons. The molecule has 14 heteroatoms. The van der Waals surface area contributed by atoms with E-state index in [1.807, 2.05) is 0 Å². The third-order valence-corrected chi connectivity index (χ3v) is 4.80. The van der Waals surface area contributed by atoms with Crippen LogP contribution in [0.25, 0.3) is 0 Å². The highest BCUT2D eigenvalue weighted by molar-refractivity contribution is 7.94. The van der Waals surface area contributed by atoms with E-state index in [1.165, 1.54) is 26.2 Å². The molecule has 0 heterocycles. The zero-order chi connectivity index (χ0) is 21.4. The van der Waals surface area contributed by atoms with Crippen LogP contribution >= 0.6 is 12.0 Å². The fourth-order valence-electron chi connectivity index (χ4n) is 2.18. The van der Waals surface area contributed by atoms with Crippen LogP contribution in [0.2, 0.25) is 0 Å². The van der Waals surface area contributed by atoms with Crippen molar-refractivity contribution in [3.8, 4) is 0 Å². The maximum Gasteiger partial charge on any atom is 0.296 e. The molecule has 0 fully saturated rings. The van der Waals surface area contributed by atoms with E-state index >= 15 is 0 Å². The molecule has 0 bridgehead atoms. The number of nitrogens with one attached hydrogen (secondary N) is 1. The lowest BCUT2D eigenvalue weighted by Crippen LogP contribution is -2.13. The Bertz CT molecular complexity index is 1060. The Labute approximate surface area is 169 Å². The van der Waals surface area contributed by atoms with Crippen molar-refractivity contribution in [2.24, 2.45) is 20.5 Å². The molecule has 0 atom stereocenters. The van der Waals surface area contributed by atoms with Gasteiger partial charge in [0.05, 0.1) is 28.3 Å². The first-order chi connectivity index (χ1) is 13.8. The predicted molar refractivity (Wildman–Crippen MR) is 102 cm³/mol.